The molecule has 5 nitrogen and oxygen atoms in total. The molecule has 1 aromatic heterocycles. The summed E-state index contributed by atoms with van der Waals surface area (Å²) in [6.45, 7) is 8.34. The molecule has 1 fully saturated rings. The van der Waals surface area contributed by atoms with Crippen LogP contribution in [0.2, 0.25) is 0 Å². The van der Waals surface area contributed by atoms with Crippen LogP contribution in [-0.2, 0) is 6.54 Å². The van der Waals surface area contributed by atoms with E-state index >= 15 is 0 Å². The van der Waals surface area contributed by atoms with Gasteiger partial charge < -0.3 is 19.5 Å². The molecule has 0 spiro atoms. The highest BCUT2D eigenvalue weighted by Gasteiger charge is 2.19. The molecule has 0 bridgehead atoms. The van der Waals surface area contributed by atoms with Crippen molar-refractivity contribution in [3.8, 4) is 5.75 Å². The van der Waals surface area contributed by atoms with Crippen LogP contribution in [-0.4, -0.2) is 31.9 Å². The third kappa shape index (κ3) is 5.01. The molecule has 5 heteroatoms. The Kier molecular flexibility index (Phi) is 6.56. The standard InChI is InChI=1S/C21H31N3O2/c1-16(2)21-14-20(26-23-21)15-22-11-8-17-9-12-24(13-10-17)18-4-6-19(25-3)7-5-18/h4-7,14,16-17,22H,8-13,15H2,1-3H3. The Balaban J connectivity index is 1.34. The molecule has 0 radical (unpaired) electrons. The van der Waals surface area contributed by atoms with Gasteiger partial charge in [-0.25, -0.2) is 0 Å². The number of anilines is 1. The largest absolute Gasteiger partial charge is 0.497 e. The molecule has 0 amide bonds. The second-order valence-electron chi connectivity index (χ2n) is 7.47. The molecule has 0 unspecified atom stereocenters. The van der Waals surface area contributed by atoms with Gasteiger partial charge in [-0.2, -0.15) is 0 Å². The summed E-state index contributed by atoms with van der Waals surface area (Å²) in [5.41, 5.74) is 2.33. The van der Waals surface area contributed by atoms with Gasteiger partial charge in [0.25, 0.3) is 0 Å². The lowest BCUT2D eigenvalue weighted by Gasteiger charge is -2.33. The summed E-state index contributed by atoms with van der Waals surface area (Å²) in [5, 5.41) is 7.60. The Hall–Kier alpha value is -2.01. The Morgan fingerprint density at radius 1 is 1.23 bits per heavy atom. The summed E-state index contributed by atoms with van der Waals surface area (Å²) in [5.74, 6) is 3.08. The third-order valence-corrected chi connectivity index (χ3v) is 5.25. The molecule has 0 atom stereocenters. The highest BCUT2D eigenvalue weighted by molar-refractivity contribution is 5.49. The van der Waals surface area contributed by atoms with E-state index in [0.717, 1.165) is 49.3 Å². The minimum Gasteiger partial charge on any atom is -0.497 e. The number of ether oxygens (including phenoxy) is 1. The Morgan fingerprint density at radius 2 is 1.96 bits per heavy atom. The van der Waals surface area contributed by atoms with Crippen LogP contribution in [0, 0.1) is 5.92 Å². The van der Waals surface area contributed by atoms with Crippen molar-refractivity contribution < 1.29 is 9.26 Å². The van der Waals surface area contributed by atoms with Gasteiger partial charge in [0, 0.05) is 24.8 Å². The van der Waals surface area contributed by atoms with Gasteiger partial charge >= 0.3 is 0 Å². The second kappa shape index (κ2) is 9.08. The molecule has 2 aromatic rings. The van der Waals surface area contributed by atoms with Crippen LogP contribution in [0.25, 0.3) is 0 Å². The van der Waals surface area contributed by atoms with Gasteiger partial charge in [0.1, 0.15) is 5.75 Å². The lowest BCUT2D eigenvalue weighted by molar-refractivity contribution is 0.349. The van der Waals surface area contributed by atoms with Crippen molar-refractivity contribution in [1.29, 1.82) is 0 Å². The maximum Gasteiger partial charge on any atom is 0.150 e. The van der Waals surface area contributed by atoms with E-state index in [1.54, 1.807) is 7.11 Å². The van der Waals surface area contributed by atoms with Gasteiger partial charge in [0.2, 0.25) is 0 Å². The fraction of sp³-hybridized carbons (Fsp3) is 0.571. The van der Waals surface area contributed by atoms with Gasteiger partial charge in [-0.1, -0.05) is 19.0 Å². The zero-order valence-electron chi connectivity index (χ0n) is 16.2. The number of hydrogen-bond acceptors (Lipinski definition) is 5. The van der Waals surface area contributed by atoms with Gasteiger partial charge in [-0.05, 0) is 61.9 Å². The van der Waals surface area contributed by atoms with Crippen LogP contribution in [0.15, 0.2) is 34.9 Å². The lowest BCUT2D eigenvalue weighted by atomic mass is 9.93. The van der Waals surface area contributed by atoms with E-state index < -0.39 is 0 Å². The Morgan fingerprint density at radius 3 is 2.58 bits per heavy atom. The molecule has 1 aliphatic rings. The highest BCUT2D eigenvalue weighted by Crippen LogP contribution is 2.26. The fourth-order valence-corrected chi connectivity index (χ4v) is 3.48. The van der Waals surface area contributed by atoms with Crippen molar-refractivity contribution in [2.75, 3.05) is 31.6 Å². The molecule has 26 heavy (non-hydrogen) atoms. The summed E-state index contributed by atoms with van der Waals surface area (Å²) in [6.07, 6.45) is 3.74. The average Bonchev–Trinajstić information content (AvgIpc) is 3.15. The number of rotatable bonds is 8. The summed E-state index contributed by atoms with van der Waals surface area (Å²) < 4.78 is 10.6. The molecule has 1 aromatic carbocycles. The summed E-state index contributed by atoms with van der Waals surface area (Å²) in [7, 11) is 1.71. The van der Waals surface area contributed by atoms with Crippen LogP contribution < -0.4 is 15.0 Å². The maximum absolute atomic E-state index is 5.37. The molecule has 3 rings (SSSR count). The van der Waals surface area contributed by atoms with Crippen molar-refractivity contribution >= 4 is 5.69 Å². The quantitative estimate of drug-likeness (QED) is 0.718. The van der Waals surface area contributed by atoms with Gasteiger partial charge in [-0.15, -0.1) is 0 Å². The van der Waals surface area contributed by atoms with Crippen molar-refractivity contribution in [3.05, 3.63) is 41.8 Å². The summed E-state index contributed by atoms with van der Waals surface area (Å²) in [4.78, 5) is 2.48. The van der Waals surface area contributed by atoms with Crippen molar-refractivity contribution in [2.24, 2.45) is 5.92 Å². The Labute approximate surface area is 156 Å². The van der Waals surface area contributed by atoms with Crippen LogP contribution in [0.4, 0.5) is 5.69 Å². The predicted octanol–water partition coefficient (Wildman–Crippen LogP) is 4.20. The lowest BCUT2D eigenvalue weighted by Crippen LogP contribution is -2.34. The fourth-order valence-electron chi connectivity index (χ4n) is 3.48. The van der Waals surface area contributed by atoms with E-state index in [1.165, 1.54) is 24.9 Å². The number of piperidine rings is 1. The molecule has 2 heterocycles. The first-order valence-corrected chi connectivity index (χ1v) is 9.71. The minimum atomic E-state index is 0.420. The van der Waals surface area contributed by atoms with Crippen LogP contribution in [0.3, 0.4) is 0 Å². The van der Waals surface area contributed by atoms with Crippen LogP contribution in [0.5, 0.6) is 5.75 Å². The van der Waals surface area contributed by atoms with E-state index in [4.69, 9.17) is 9.26 Å². The molecule has 142 valence electrons. The monoisotopic (exact) mass is 357 g/mol. The molecular formula is C21H31N3O2. The van der Waals surface area contributed by atoms with Crippen LogP contribution >= 0.6 is 0 Å². The molecule has 0 aliphatic carbocycles. The summed E-state index contributed by atoms with van der Waals surface area (Å²) >= 11 is 0. The average molecular weight is 357 g/mol. The van der Waals surface area contributed by atoms with E-state index in [-0.39, 0.29) is 0 Å². The highest BCUT2D eigenvalue weighted by atomic mass is 16.5. The number of methoxy groups -OCH3 is 1. The molecular weight excluding hydrogens is 326 g/mol. The second-order valence-corrected chi connectivity index (χ2v) is 7.47. The summed E-state index contributed by atoms with van der Waals surface area (Å²) in [6, 6.07) is 10.5. The molecule has 1 aliphatic heterocycles. The first-order chi connectivity index (χ1) is 12.7. The number of hydrogen-bond donors (Lipinski definition) is 1. The first-order valence-electron chi connectivity index (χ1n) is 9.71. The minimum absolute atomic E-state index is 0.420. The normalized spacial score (nSPS) is 15.6. The van der Waals surface area contributed by atoms with E-state index in [1.807, 2.05) is 12.1 Å². The topological polar surface area (TPSA) is 50.5 Å². The van der Waals surface area contributed by atoms with E-state index in [2.05, 4.69) is 47.4 Å². The number of nitrogens with zero attached hydrogens (tertiary/aromatic N) is 2. The van der Waals surface area contributed by atoms with Gasteiger partial charge in [0.05, 0.1) is 19.3 Å². The van der Waals surface area contributed by atoms with Crippen molar-refractivity contribution in [1.82, 2.24) is 10.5 Å². The van der Waals surface area contributed by atoms with Crippen molar-refractivity contribution in [2.45, 2.75) is 45.6 Å². The van der Waals surface area contributed by atoms with Crippen molar-refractivity contribution in [3.63, 3.8) is 0 Å². The third-order valence-electron chi connectivity index (χ3n) is 5.25. The first kappa shape index (κ1) is 18.8. The SMILES string of the molecule is COc1ccc(N2CCC(CCNCc3cc(C(C)C)no3)CC2)cc1. The zero-order chi connectivity index (χ0) is 18.4. The number of aromatic nitrogens is 1. The predicted molar refractivity (Wildman–Crippen MR) is 105 cm³/mol. The van der Waals surface area contributed by atoms with E-state index in [9.17, 15) is 0 Å². The molecule has 1 saturated heterocycles. The number of nitrogens with one attached hydrogen (secondary N) is 1. The van der Waals surface area contributed by atoms with Crippen LogP contribution in [0.1, 0.15) is 50.5 Å². The van der Waals surface area contributed by atoms with Gasteiger partial charge in [0.15, 0.2) is 5.76 Å². The Bertz CT molecular complexity index is 658. The molecule has 0 saturated carbocycles. The zero-order valence-corrected chi connectivity index (χ0v) is 16.2. The van der Waals surface area contributed by atoms with E-state index in [0.29, 0.717) is 5.92 Å². The maximum atomic E-state index is 5.37. The van der Waals surface area contributed by atoms with Gasteiger partial charge in [-0.3, -0.25) is 0 Å². The smallest absolute Gasteiger partial charge is 0.150 e. The number of benzene rings is 1. The molecule has 1 N–H and O–H groups in total.